The maximum atomic E-state index is 3.83. The smallest absolute Gasteiger partial charge is 0.0107 e. The van der Waals surface area contributed by atoms with E-state index in [0.29, 0.717) is 0 Å². The van der Waals surface area contributed by atoms with Gasteiger partial charge in [0.15, 0.2) is 0 Å². The van der Waals surface area contributed by atoms with E-state index in [0.717, 1.165) is 12.0 Å². The predicted molar refractivity (Wildman–Crippen MR) is 93.9 cm³/mol. The molecule has 3 nitrogen and oxygen atoms in total. The first-order valence-electron chi connectivity index (χ1n) is 9.27. The summed E-state index contributed by atoms with van der Waals surface area (Å²) in [5.41, 5.74) is 0. The highest BCUT2D eigenvalue weighted by Crippen LogP contribution is 2.24. The van der Waals surface area contributed by atoms with Gasteiger partial charge in [-0.15, -0.1) is 0 Å². The molecule has 0 bridgehead atoms. The van der Waals surface area contributed by atoms with Gasteiger partial charge in [-0.25, -0.2) is 0 Å². The van der Waals surface area contributed by atoms with Crippen LogP contribution < -0.4 is 5.32 Å². The van der Waals surface area contributed by atoms with Crippen molar-refractivity contribution in [3.63, 3.8) is 0 Å². The SMILES string of the molecule is CCCNC1CCCCCC1CN(CC)CCCN(C)C. The Labute approximate surface area is 133 Å². The lowest BCUT2D eigenvalue weighted by molar-refractivity contribution is 0.193. The normalized spacial score (nSPS) is 23.7. The van der Waals surface area contributed by atoms with Crippen LogP contribution >= 0.6 is 0 Å². The summed E-state index contributed by atoms with van der Waals surface area (Å²) in [5, 5.41) is 3.83. The van der Waals surface area contributed by atoms with Gasteiger partial charge in [0.1, 0.15) is 0 Å². The summed E-state index contributed by atoms with van der Waals surface area (Å²) in [4.78, 5) is 4.98. The van der Waals surface area contributed by atoms with Gasteiger partial charge in [0.05, 0.1) is 0 Å². The maximum Gasteiger partial charge on any atom is 0.0107 e. The quantitative estimate of drug-likeness (QED) is 0.625. The van der Waals surface area contributed by atoms with Crippen LogP contribution in [0.5, 0.6) is 0 Å². The molecule has 2 unspecified atom stereocenters. The summed E-state index contributed by atoms with van der Waals surface area (Å²) >= 11 is 0. The number of nitrogens with one attached hydrogen (secondary N) is 1. The van der Waals surface area contributed by atoms with Gasteiger partial charge in [-0.1, -0.05) is 33.1 Å². The zero-order chi connectivity index (χ0) is 15.5. The molecule has 2 atom stereocenters. The zero-order valence-electron chi connectivity index (χ0n) is 15.0. The van der Waals surface area contributed by atoms with Crippen molar-refractivity contribution in [1.29, 1.82) is 0 Å². The molecule has 0 spiro atoms. The highest BCUT2D eigenvalue weighted by Gasteiger charge is 2.24. The third-order valence-electron chi connectivity index (χ3n) is 4.84. The van der Waals surface area contributed by atoms with Gasteiger partial charge in [0.2, 0.25) is 0 Å². The Morgan fingerprint density at radius 2 is 1.76 bits per heavy atom. The fourth-order valence-electron chi connectivity index (χ4n) is 3.52. The van der Waals surface area contributed by atoms with Gasteiger partial charge in [-0.2, -0.15) is 0 Å². The molecule has 0 aromatic carbocycles. The van der Waals surface area contributed by atoms with Crippen LogP contribution in [0.4, 0.5) is 0 Å². The molecular formula is C18H39N3. The van der Waals surface area contributed by atoms with Crippen LogP contribution in [-0.2, 0) is 0 Å². The van der Waals surface area contributed by atoms with Crippen LogP contribution in [0.1, 0.15) is 58.8 Å². The van der Waals surface area contributed by atoms with Gasteiger partial charge in [-0.05, 0) is 71.9 Å². The van der Waals surface area contributed by atoms with Crippen molar-refractivity contribution in [2.24, 2.45) is 5.92 Å². The number of hydrogen-bond acceptors (Lipinski definition) is 3. The van der Waals surface area contributed by atoms with Crippen LogP contribution in [0.2, 0.25) is 0 Å². The minimum Gasteiger partial charge on any atom is -0.314 e. The van der Waals surface area contributed by atoms with Crippen molar-refractivity contribution in [3.05, 3.63) is 0 Å². The van der Waals surface area contributed by atoms with Crippen molar-refractivity contribution in [2.75, 3.05) is 46.8 Å². The molecule has 0 aliphatic heterocycles. The second kappa shape index (κ2) is 11.4. The maximum absolute atomic E-state index is 3.83. The van der Waals surface area contributed by atoms with Crippen molar-refractivity contribution in [1.82, 2.24) is 15.1 Å². The Balaban J connectivity index is 2.44. The summed E-state index contributed by atoms with van der Waals surface area (Å²) < 4.78 is 0. The molecule has 0 aromatic rings. The van der Waals surface area contributed by atoms with Gasteiger partial charge >= 0.3 is 0 Å². The minimum absolute atomic E-state index is 0.760. The van der Waals surface area contributed by atoms with Crippen molar-refractivity contribution < 1.29 is 0 Å². The second-order valence-corrected chi connectivity index (χ2v) is 7.01. The minimum atomic E-state index is 0.760. The molecule has 0 amide bonds. The molecule has 0 saturated heterocycles. The molecule has 1 aliphatic rings. The Hall–Kier alpha value is -0.120. The molecule has 1 rings (SSSR count). The zero-order valence-corrected chi connectivity index (χ0v) is 15.0. The van der Waals surface area contributed by atoms with Crippen LogP contribution in [-0.4, -0.2) is 62.7 Å². The fourth-order valence-corrected chi connectivity index (χ4v) is 3.52. The Morgan fingerprint density at radius 3 is 2.43 bits per heavy atom. The predicted octanol–water partition coefficient (Wildman–Crippen LogP) is 3.21. The lowest BCUT2D eigenvalue weighted by Crippen LogP contribution is -2.42. The van der Waals surface area contributed by atoms with Crippen LogP contribution in [0.25, 0.3) is 0 Å². The van der Waals surface area contributed by atoms with Gasteiger partial charge in [0, 0.05) is 12.6 Å². The number of hydrogen-bond donors (Lipinski definition) is 1. The topological polar surface area (TPSA) is 18.5 Å². The lowest BCUT2D eigenvalue weighted by atomic mass is 9.93. The van der Waals surface area contributed by atoms with Gasteiger partial charge in [0.25, 0.3) is 0 Å². The average Bonchev–Trinajstić information content (AvgIpc) is 2.68. The summed E-state index contributed by atoms with van der Waals surface area (Å²) in [5.74, 6) is 0.860. The molecule has 3 heteroatoms. The molecule has 1 saturated carbocycles. The first-order chi connectivity index (χ1) is 10.2. The van der Waals surface area contributed by atoms with Crippen LogP contribution in [0.15, 0.2) is 0 Å². The first kappa shape index (κ1) is 18.9. The summed E-state index contributed by atoms with van der Waals surface area (Å²) in [6.45, 7) is 10.7. The highest BCUT2D eigenvalue weighted by atomic mass is 15.1. The van der Waals surface area contributed by atoms with Crippen LogP contribution in [0.3, 0.4) is 0 Å². The van der Waals surface area contributed by atoms with Crippen molar-refractivity contribution in [3.8, 4) is 0 Å². The van der Waals surface area contributed by atoms with E-state index in [1.807, 2.05) is 0 Å². The molecule has 0 aromatic heterocycles. The molecule has 1 aliphatic carbocycles. The van der Waals surface area contributed by atoms with E-state index in [2.05, 4.69) is 43.1 Å². The third kappa shape index (κ3) is 8.18. The lowest BCUT2D eigenvalue weighted by Gasteiger charge is -2.32. The van der Waals surface area contributed by atoms with Crippen molar-refractivity contribution in [2.45, 2.75) is 64.8 Å². The standard InChI is InChI=1S/C18H39N3/c1-5-13-19-18-12-9-7-8-11-17(18)16-21(6-2)15-10-14-20(3)4/h17-19H,5-16H2,1-4H3. The first-order valence-corrected chi connectivity index (χ1v) is 9.27. The summed E-state index contributed by atoms with van der Waals surface area (Å²) in [6.07, 6.45) is 9.65. The third-order valence-corrected chi connectivity index (χ3v) is 4.84. The fraction of sp³-hybridized carbons (Fsp3) is 1.00. The molecule has 126 valence electrons. The molecular weight excluding hydrogens is 258 g/mol. The van der Waals surface area contributed by atoms with Crippen molar-refractivity contribution >= 4 is 0 Å². The largest absolute Gasteiger partial charge is 0.314 e. The van der Waals surface area contributed by atoms with E-state index in [9.17, 15) is 0 Å². The summed E-state index contributed by atoms with van der Waals surface area (Å²) in [6, 6.07) is 0.760. The molecule has 1 fully saturated rings. The van der Waals surface area contributed by atoms with E-state index in [-0.39, 0.29) is 0 Å². The highest BCUT2D eigenvalue weighted by molar-refractivity contribution is 4.82. The van der Waals surface area contributed by atoms with E-state index >= 15 is 0 Å². The Bertz CT molecular complexity index is 243. The monoisotopic (exact) mass is 297 g/mol. The average molecular weight is 298 g/mol. The number of rotatable bonds is 10. The second-order valence-electron chi connectivity index (χ2n) is 7.01. The molecule has 21 heavy (non-hydrogen) atoms. The Kier molecular flexibility index (Phi) is 10.3. The molecule has 1 N–H and O–H groups in total. The van der Waals surface area contributed by atoms with E-state index in [1.54, 1.807) is 0 Å². The summed E-state index contributed by atoms with van der Waals surface area (Å²) in [7, 11) is 4.35. The van der Waals surface area contributed by atoms with E-state index in [1.165, 1.54) is 77.7 Å². The molecule has 0 radical (unpaired) electrons. The van der Waals surface area contributed by atoms with Gasteiger partial charge in [-0.3, -0.25) is 0 Å². The van der Waals surface area contributed by atoms with E-state index in [4.69, 9.17) is 0 Å². The van der Waals surface area contributed by atoms with Crippen LogP contribution in [0, 0.1) is 5.92 Å². The Morgan fingerprint density at radius 1 is 1.00 bits per heavy atom. The van der Waals surface area contributed by atoms with Gasteiger partial charge < -0.3 is 15.1 Å². The van der Waals surface area contributed by atoms with E-state index < -0.39 is 0 Å². The number of nitrogens with zero attached hydrogens (tertiary/aromatic N) is 2. The molecule has 0 heterocycles.